The summed E-state index contributed by atoms with van der Waals surface area (Å²) < 4.78 is 21.4. The van der Waals surface area contributed by atoms with Crippen molar-refractivity contribution in [3.8, 4) is 5.75 Å². The summed E-state index contributed by atoms with van der Waals surface area (Å²) in [7, 11) is 1.36. The quantitative estimate of drug-likeness (QED) is 0.909. The van der Waals surface area contributed by atoms with E-state index in [1.54, 1.807) is 13.0 Å². The molecule has 1 aliphatic rings. The second kappa shape index (κ2) is 6.86. The topological polar surface area (TPSA) is 68.5 Å². The number of hydrogen-bond acceptors (Lipinski definition) is 3. The molecule has 3 rings (SSSR count). The fourth-order valence-corrected chi connectivity index (χ4v) is 3.86. The minimum absolute atomic E-state index is 0.0430. The lowest BCUT2D eigenvalue weighted by Gasteiger charge is -2.21. The van der Waals surface area contributed by atoms with Crippen molar-refractivity contribution in [2.24, 2.45) is 5.92 Å². The number of carbonyl (C=O) groups is 2. The van der Waals surface area contributed by atoms with Gasteiger partial charge >= 0.3 is 5.97 Å². The molecule has 5 nitrogen and oxygen atoms in total. The van der Waals surface area contributed by atoms with Gasteiger partial charge in [0.1, 0.15) is 0 Å². The van der Waals surface area contributed by atoms with E-state index in [0.717, 1.165) is 32.1 Å². The predicted octanol–water partition coefficient (Wildman–Crippen LogP) is 3.95. The third kappa shape index (κ3) is 3.01. The lowest BCUT2D eigenvalue weighted by Crippen LogP contribution is -2.24. The molecule has 1 heterocycles. The van der Waals surface area contributed by atoms with Crippen molar-refractivity contribution < 1.29 is 23.8 Å². The van der Waals surface area contributed by atoms with Crippen LogP contribution in [0, 0.1) is 18.7 Å². The van der Waals surface area contributed by atoms with Gasteiger partial charge < -0.3 is 9.84 Å². The second-order valence-corrected chi connectivity index (χ2v) is 6.62. The molecule has 1 aromatic carbocycles. The third-order valence-electron chi connectivity index (χ3n) is 5.12. The average Bonchev–Trinajstić information content (AvgIpc) is 2.87. The van der Waals surface area contributed by atoms with Crippen LogP contribution in [-0.4, -0.2) is 28.7 Å². The van der Waals surface area contributed by atoms with Gasteiger partial charge in [0.05, 0.1) is 19.0 Å². The summed E-state index contributed by atoms with van der Waals surface area (Å²) in [6.45, 7) is 1.69. The van der Waals surface area contributed by atoms with Crippen LogP contribution in [0.4, 0.5) is 4.39 Å². The van der Waals surface area contributed by atoms with E-state index in [-0.39, 0.29) is 29.4 Å². The number of aliphatic carboxylic acids is 1. The molecule has 0 bridgehead atoms. The van der Waals surface area contributed by atoms with Gasteiger partial charge in [-0.1, -0.05) is 19.3 Å². The first-order valence-electron chi connectivity index (χ1n) is 8.58. The van der Waals surface area contributed by atoms with Crippen LogP contribution in [0.25, 0.3) is 10.9 Å². The van der Waals surface area contributed by atoms with Crippen LogP contribution in [0.15, 0.2) is 12.1 Å². The molecule has 1 N–H and O–H groups in total. The van der Waals surface area contributed by atoms with Crippen LogP contribution >= 0.6 is 0 Å². The Kier molecular flexibility index (Phi) is 4.79. The van der Waals surface area contributed by atoms with E-state index < -0.39 is 11.8 Å². The van der Waals surface area contributed by atoms with Gasteiger partial charge in [-0.05, 0) is 37.5 Å². The molecular weight excluding hydrogens is 325 g/mol. The monoisotopic (exact) mass is 347 g/mol. The number of halogens is 1. The summed E-state index contributed by atoms with van der Waals surface area (Å²) in [5.74, 6) is -1.79. The van der Waals surface area contributed by atoms with E-state index in [1.807, 2.05) is 0 Å². The fraction of sp³-hybridized carbons (Fsp3) is 0.474. The Morgan fingerprint density at radius 3 is 2.56 bits per heavy atom. The van der Waals surface area contributed by atoms with Crippen LogP contribution in [0.3, 0.4) is 0 Å². The third-order valence-corrected chi connectivity index (χ3v) is 5.12. The van der Waals surface area contributed by atoms with Crippen LogP contribution < -0.4 is 4.74 Å². The first-order chi connectivity index (χ1) is 12.0. The molecular formula is C19H22FNO4. The first-order valence-corrected chi connectivity index (χ1v) is 8.58. The summed E-state index contributed by atoms with van der Waals surface area (Å²) in [4.78, 5) is 24.3. The van der Waals surface area contributed by atoms with E-state index in [1.165, 1.54) is 17.7 Å². The molecule has 0 spiro atoms. The molecule has 2 aromatic rings. The van der Waals surface area contributed by atoms with Crippen molar-refractivity contribution in [2.75, 3.05) is 7.11 Å². The highest BCUT2D eigenvalue weighted by Crippen LogP contribution is 2.35. The number of ether oxygens (including phenoxy) is 1. The Labute approximate surface area is 145 Å². The van der Waals surface area contributed by atoms with E-state index >= 15 is 0 Å². The molecule has 1 aliphatic carbocycles. The van der Waals surface area contributed by atoms with Crippen LogP contribution in [0.5, 0.6) is 5.75 Å². The predicted molar refractivity (Wildman–Crippen MR) is 91.7 cm³/mol. The van der Waals surface area contributed by atoms with Crippen molar-refractivity contribution in [1.29, 1.82) is 0 Å². The molecule has 0 amide bonds. The molecule has 6 heteroatoms. The second-order valence-electron chi connectivity index (χ2n) is 6.62. The Bertz CT molecular complexity index is 834. The highest BCUT2D eigenvalue weighted by atomic mass is 19.1. The number of hydrogen-bond donors (Lipinski definition) is 1. The largest absolute Gasteiger partial charge is 0.494 e. The Morgan fingerprint density at radius 2 is 1.96 bits per heavy atom. The van der Waals surface area contributed by atoms with Crippen molar-refractivity contribution in [3.63, 3.8) is 0 Å². The maximum atomic E-state index is 14.8. The highest BCUT2D eigenvalue weighted by Gasteiger charge is 2.29. The summed E-state index contributed by atoms with van der Waals surface area (Å²) >= 11 is 0. The number of fused-ring (bicyclic) bond motifs is 1. The maximum Gasteiger partial charge on any atom is 0.307 e. The maximum absolute atomic E-state index is 14.8. The van der Waals surface area contributed by atoms with Gasteiger partial charge in [-0.2, -0.15) is 0 Å². The smallest absolute Gasteiger partial charge is 0.307 e. The average molecular weight is 347 g/mol. The zero-order chi connectivity index (χ0) is 18.1. The van der Waals surface area contributed by atoms with E-state index in [0.29, 0.717) is 16.8 Å². The SMILES string of the molecule is COc1ccc2c(c1F)c(CC(=O)O)c(C)n2C(=O)C1CCCCC1. The number of carboxylic acids is 1. The van der Waals surface area contributed by atoms with Crippen molar-refractivity contribution in [1.82, 2.24) is 4.57 Å². The molecule has 0 unspecified atom stereocenters. The number of aromatic nitrogens is 1. The Morgan fingerprint density at radius 1 is 1.28 bits per heavy atom. The lowest BCUT2D eigenvalue weighted by molar-refractivity contribution is -0.136. The standard InChI is InChI=1S/C19H22FNO4/c1-11-13(10-16(22)23)17-14(8-9-15(25-2)18(17)20)21(11)19(24)12-6-4-3-5-7-12/h8-9,12H,3-7,10H2,1-2H3,(H,22,23). The number of carboxylic acid groups (broad SMARTS) is 1. The molecule has 134 valence electrons. The number of rotatable bonds is 4. The van der Waals surface area contributed by atoms with Gasteiger partial charge in [-0.3, -0.25) is 14.2 Å². The van der Waals surface area contributed by atoms with Gasteiger partial charge in [0.2, 0.25) is 5.91 Å². The van der Waals surface area contributed by atoms with Gasteiger partial charge in [-0.15, -0.1) is 0 Å². The van der Waals surface area contributed by atoms with Crippen molar-refractivity contribution in [3.05, 3.63) is 29.2 Å². The van der Waals surface area contributed by atoms with Crippen LogP contribution in [0.2, 0.25) is 0 Å². The van der Waals surface area contributed by atoms with E-state index in [4.69, 9.17) is 4.74 Å². The van der Waals surface area contributed by atoms with Crippen LogP contribution in [-0.2, 0) is 11.2 Å². The molecule has 0 saturated heterocycles. The van der Waals surface area contributed by atoms with Crippen molar-refractivity contribution in [2.45, 2.75) is 45.4 Å². The van der Waals surface area contributed by atoms with Gasteiger partial charge in [0.15, 0.2) is 11.6 Å². The summed E-state index contributed by atoms with van der Waals surface area (Å²) in [5, 5.41) is 9.39. The van der Waals surface area contributed by atoms with E-state index in [9.17, 15) is 19.1 Å². The number of benzene rings is 1. The molecule has 0 atom stereocenters. The Hall–Kier alpha value is -2.37. The fourth-order valence-electron chi connectivity index (χ4n) is 3.86. The lowest BCUT2D eigenvalue weighted by atomic mass is 9.88. The number of nitrogens with zero attached hydrogens (tertiary/aromatic N) is 1. The zero-order valence-corrected chi connectivity index (χ0v) is 14.5. The minimum atomic E-state index is -1.06. The minimum Gasteiger partial charge on any atom is -0.494 e. The Balaban J connectivity index is 2.21. The molecule has 1 aromatic heterocycles. The molecule has 0 aliphatic heterocycles. The molecule has 0 radical (unpaired) electrons. The van der Waals surface area contributed by atoms with Gasteiger partial charge in [0.25, 0.3) is 0 Å². The summed E-state index contributed by atoms with van der Waals surface area (Å²) in [6, 6.07) is 3.11. The van der Waals surface area contributed by atoms with Gasteiger partial charge in [-0.25, -0.2) is 4.39 Å². The molecule has 1 saturated carbocycles. The summed E-state index contributed by atoms with van der Waals surface area (Å²) in [5.41, 5.74) is 1.26. The highest BCUT2D eigenvalue weighted by molar-refractivity contribution is 5.99. The van der Waals surface area contributed by atoms with Crippen molar-refractivity contribution >= 4 is 22.8 Å². The van der Waals surface area contributed by atoms with Gasteiger partial charge in [0, 0.05) is 17.0 Å². The zero-order valence-electron chi connectivity index (χ0n) is 14.5. The molecule has 25 heavy (non-hydrogen) atoms. The number of carbonyl (C=O) groups excluding carboxylic acids is 1. The summed E-state index contributed by atoms with van der Waals surface area (Å²) in [6.07, 6.45) is 4.47. The van der Waals surface area contributed by atoms with E-state index in [2.05, 4.69) is 0 Å². The number of methoxy groups -OCH3 is 1. The first kappa shape index (κ1) is 17.5. The molecule has 1 fully saturated rings. The van der Waals surface area contributed by atoms with Crippen LogP contribution in [0.1, 0.15) is 48.2 Å². The normalized spacial score (nSPS) is 15.5.